The van der Waals surface area contributed by atoms with E-state index in [0.717, 1.165) is 25.7 Å². The van der Waals surface area contributed by atoms with Crippen LogP contribution in [0.4, 0.5) is 13.2 Å². The lowest BCUT2D eigenvalue weighted by Crippen LogP contribution is -2.55. The zero-order valence-corrected chi connectivity index (χ0v) is 9.06. The summed E-state index contributed by atoms with van der Waals surface area (Å²) < 4.78 is 38.3. The first kappa shape index (κ1) is 12.8. The highest BCUT2D eigenvalue weighted by molar-refractivity contribution is 4.86. The molecule has 0 aromatic heterocycles. The van der Waals surface area contributed by atoms with Crippen LogP contribution >= 0.6 is 0 Å². The van der Waals surface area contributed by atoms with Crippen molar-refractivity contribution < 1.29 is 13.2 Å². The van der Waals surface area contributed by atoms with E-state index >= 15 is 0 Å². The highest BCUT2D eigenvalue weighted by Gasteiger charge is 2.45. The van der Waals surface area contributed by atoms with Crippen molar-refractivity contribution in [3.63, 3.8) is 0 Å². The molecule has 1 heterocycles. The van der Waals surface area contributed by atoms with Crippen LogP contribution in [-0.2, 0) is 0 Å². The largest absolute Gasteiger partial charge is 0.405 e. The van der Waals surface area contributed by atoms with Crippen molar-refractivity contribution >= 4 is 0 Å². The number of rotatable bonds is 2. The van der Waals surface area contributed by atoms with Crippen LogP contribution in [0.1, 0.15) is 32.6 Å². The minimum atomic E-state index is -4.21. The second-order valence-electron chi connectivity index (χ2n) is 4.30. The Bertz CT molecular complexity index is 184. The Morgan fingerprint density at radius 1 is 1.07 bits per heavy atom. The second kappa shape index (κ2) is 5.16. The Kier molecular flexibility index (Phi) is 4.40. The van der Waals surface area contributed by atoms with Gasteiger partial charge in [0.2, 0.25) is 0 Å². The fraction of sp³-hybridized carbons (Fsp3) is 1.00. The van der Waals surface area contributed by atoms with E-state index in [2.05, 4.69) is 0 Å². The number of likely N-dealkylation sites (tertiary alicyclic amines) is 1. The van der Waals surface area contributed by atoms with Crippen molar-refractivity contribution in [3.05, 3.63) is 0 Å². The summed E-state index contributed by atoms with van der Waals surface area (Å²) >= 11 is 0. The topological polar surface area (TPSA) is 29.3 Å². The molecule has 0 saturated carbocycles. The average molecular weight is 224 g/mol. The van der Waals surface area contributed by atoms with Gasteiger partial charge >= 0.3 is 6.18 Å². The minimum absolute atomic E-state index is 0.520. The maximum Gasteiger partial charge on any atom is 0.405 e. The van der Waals surface area contributed by atoms with Crippen molar-refractivity contribution in [2.24, 2.45) is 5.73 Å². The number of nitrogens with zero attached hydrogens (tertiary/aromatic N) is 1. The molecule has 5 heteroatoms. The highest BCUT2D eigenvalue weighted by atomic mass is 19.4. The first-order valence-corrected chi connectivity index (χ1v) is 5.49. The quantitative estimate of drug-likeness (QED) is 0.778. The molecule has 15 heavy (non-hydrogen) atoms. The Labute approximate surface area is 88.6 Å². The van der Waals surface area contributed by atoms with Crippen molar-refractivity contribution in [2.45, 2.75) is 50.9 Å². The molecule has 1 saturated heterocycles. The van der Waals surface area contributed by atoms with Gasteiger partial charge in [-0.2, -0.15) is 13.2 Å². The molecule has 0 spiro atoms. The lowest BCUT2D eigenvalue weighted by Gasteiger charge is -2.34. The van der Waals surface area contributed by atoms with Crippen LogP contribution in [0.15, 0.2) is 0 Å². The lowest BCUT2D eigenvalue weighted by molar-refractivity contribution is -0.188. The lowest BCUT2D eigenvalue weighted by atomic mass is 10.1. The maximum absolute atomic E-state index is 12.8. The van der Waals surface area contributed by atoms with Gasteiger partial charge in [-0.3, -0.25) is 4.90 Å². The molecular weight excluding hydrogens is 205 g/mol. The fourth-order valence-corrected chi connectivity index (χ4v) is 2.21. The molecule has 2 nitrogen and oxygen atoms in total. The molecule has 1 rings (SSSR count). The van der Waals surface area contributed by atoms with Gasteiger partial charge in [-0.25, -0.2) is 0 Å². The third-order valence-corrected chi connectivity index (χ3v) is 2.87. The standard InChI is InChI=1S/C10H19F3N2/c1-8(14)9(10(11,12)13)15-6-4-2-3-5-7-15/h8-9H,2-7,14H2,1H3. The van der Waals surface area contributed by atoms with E-state index in [0.29, 0.717) is 13.1 Å². The van der Waals surface area contributed by atoms with Gasteiger partial charge in [0, 0.05) is 6.04 Å². The molecule has 0 amide bonds. The molecule has 0 aliphatic carbocycles. The van der Waals surface area contributed by atoms with Crippen LogP contribution in [0.5, 0.6) is 0 Å². The number of hydrogen-bond acceptors (Lipinski definition) is 2. The van der Waals surface area contributed by atoms with Crippen LogP contribution in [0.25, 0.3) is 0 Å². The predicted octanol–water partition coefficient (Wildman–Crippen LogP) is 2.14. The van der Waals surface area contributed by atoms with E-state index in [-0.39, 0.29) is 0 Å². The predicted molar refractivity (Wildman–Crippen MR) is 53.5 cm³/mol. The molecule has 1 fully saturated rings. The summed E-state index contributed by atoms with van der Waals surface area (Å²) in [6, 6.07) is -2.33. The first-order valence-electron chi connectivity index (χ1n) is 5.49. The van der Waals surface area contributed by atoms with Gasteiger partial charge in [0.15, 0.2) is 0 Å². The zero-order valence-electron chi connectivity index (χ0n) is 9.06. The molecule has 0 aromatic carbocycles. The normalized spacial score (nSPS) is 24.6. The molecule has 2 atom stereocenters. The fourth-order valence-electron chi connectivity index (χ4n) is 2.21. The Morgan fingerprint density at radius 2 is 1.53 bits per heavy atom. The third-order valence-electron chi connectivity index (χ3n) is 2.87. The van der Waals surface area contributed by atoms with Gasteiger partial charge < -0.3 is 5.73 Å². The van der Waals surface area contributed by atoms with Gasteiger partial charge in [0.25, 0.3) is 0 Å². The van der Waals surface area contributed by atoms with Gasteiger partial charge in [0.05, 0.1) is 0 Å². The molecular formula is C10H19F3N2. The smallest absolute Gasteiger partial charge is 0.326 e. The van der Waals surface area contributed by atoms with Crippen molar-refractivity contribution in [2.75, 3.05) is 13.1 Å². The Balaban J connectivity index is 2.69. The Hall–Kier alpha value is -0.290. The minimum Gasteiger partial charge on any atom is -0.326 e. The van der Waals surface area contributed by atoms with Crippen LogP contribution in [0.3, 0.4) is 0 Å². The number of hydrogen-bond donors (Lipinski definition) is 1. The van der Waals surface area contributed by atoms with Crippen LogP contribution in [0, 0.1) is 0 Å². The van der Waals surface area contributed by atoms with Gasteiger partial charge in [-0.15, -0.1) is 0 Å². The molecule has 90 valence electrons. The molecule has 2 N–H and O–H groups in total. The van der Waals surface area contributed by atoms with E-state index in [1.54, 1.807) is 0 Å². The van der Waals surface area contributed by atoms with Gasteiger partial charge in [-0.05, 0) is 32.9 Å². The van der Waals surface area contributed by atoms with Gasteiger partial charge in [-0.1, -0.05) is 12.8 Å². The summed E-state index contributed by atoms with van der Waals surface area (Å²) in [6.07, 6.45) is -0.461. The highest BCUT2D eigenvalue weighted by Crippen LogP contribution is 2.28. The second-order valence-corrected chi connectivity index (χ2v) is 4.30. The molecule has 0 aromatic rings. The molecule has 2 unspecified atom stereocenters. The van der Waals surface area contributed by atoms with E-state index in [1.165, 1.54) is 11.8 Å². The van der Waals surface area contributed by atoms with Crippen LogP contribution in [-0.4, -0.2) is 36.2 Å². The monoisotopic (exact) mass is 224 g/mol. The number of halogens is 3. The number of alkyl halides is 3. The number of nitrogens with two attached hydrogens (primary N) is 1. The van der Waals surface area contributed by atoms with Crippen molar-refractivity contribution in [3.8, 4) is 0 Å². The molecule has 1 aliphatic heterocycles. The summed E-state index contributed by atoms with van der Waals surface area (Å²) in [7, 11) is 0. The van der Waals surface area contributed by atoms with Crippen LogP contribution < -0.4 is 5.73 Å². The van der Waals surface area contributed by atoms with Crippen molar-refractivity contribution in [1.29, 1.82) is 0 Å². The van der Waals surface area contributed by atoms with E-state index in [4.69, 9.17) is 5.73 Å². The average Bonchev–Trinajstić information content (AvgIpc) is 2.29. The van der Waals surface area contributed by atoms with E-state index < -0.39 is 18.3 Å². The maximum atomic E-state index is 12.8. The van der Waals surface area contributed by atoms with Crippen molar-refractivity contribution in [1.82, 2.24) is 4.90 Å². The molecule has 0 radical (unpaired) electrons. The summed E-state index contributed by atoms with van der Waals surface area (Å²) in [4.78, 5) is 1.50. The zero-order chi connectivity index (χ0) is 11.5. The molecule has 1 aliphatic rings. The van der Waals surface area contributed by atoms with Crippen LogP contribution in [0.2, 0.25) is 0 Å². The summed E-state index contributed by atoms with van der Waals surface area (Å²) in [5, 5.41) is 0. The molecule has 0 bridgehead atoms. The summed E-state index contributed by atoms with van der Waals surface area (Å²) in [5.41, 5.74) is 5.44. The van der Waals surface area contributed by atoms with E-state index in [9.17, 15) is 13.2 Å². The summed E-state index contributed by atoms with van der Waals surface area (Å²) in [6.45, 7) is 2.47. The van der Waals surface area contributed by atoms with Gasteiger partial charge in [0.1, 0.15) is 6.04 Å². The first-order chi connectivity index (χ1) is 6.93. The summed E-state index contributed by atoms with van der Waals surface area (Å²) in [5.74, 6) is 0. The third kappa shape index (κ3) is 3.65. The SMILES string of the molecule is CC(N)C(N1CCCCCC1)C(F)(F)F. The Morgan fingerprint density at radius 3 is 1.87 bits per heavy atom. The van der Waals surface area contributed by atoms with E-state index in [1.807, 2.05) is 0 Å².